The zero-order valence-electron chi connectivity index (χ0n) is 16.0. The molecular weight excluding hydrogens is 340 g/mol. The van der Waals surface area contributed by atoms with Crippen LogP contribution in [0.5, 0.6) is 0 Å². The summed E-state index contributed by atoms with van der Waals surface area (Å²) in [5.74, 6) is 0.285. The predicted molar refractivity (Wildman–Crippen MR) is 100 cm³/mol. The number of fused-ring (bicyclic) bond motifs is 1. The monoisotopic (exact) mass is 366 g/mol. The van der Waals surface area contributed by atoms with Gasteiger partial charge in [0.05, 0.1) is 6.04 Å². The van der Waals surface area contributed by atoms with E-state index in [4.69, 9.17) is 16.3 Å². The van der Waals surface area contributed by atoms with E-state index < -0.39 is 5.60 Å². The first-order valence-corrected chi connectivity index (χ1v) is 8.81. The predicted octanol–water partition coefficient (Wildman–Crippen LogP) is 4.46. The van der Waals surface area contributed by atoms with Crippen LogP contribution in [0.3, 0.4) is 0 Å². The summed E-state index contributed by atoms with van der Waals surface area (Å²) in [5, 5.41) is 1.15. The Bertz CT molecular complexity index is 764. The third-order valence-electron chi connectivity index (χ3n) is 4.01. The van der Waals surface area contributed by atoms with Crippen LogP contribution in [0.25, 0.3) is 11.0 Å². The fourth-order valence-corrected chi connectivity index (χ4v) is 2.95. The van der Waals surface area contributed by atoms with Crippen LogP contribution in [0.2, 0.25) is 5.28 Å². The molecule has 0 aromatic carbocycles. The van der Waals surface area contributed by atoms with Crippen LogP contribution in [0, 0.1) is 12.8 Å². The van der Waals surface area contributed by atoms with Gasteiger partial charge in [-0.1, -0.05) is 13.8 Å². The molecule has 2 rings (SSSR count). The Labute approximate surface area is 154 Å². The lowest BCUT2D eigenvalue weighted by atomic mass is 10.0. The smallest absolute Gasteiger partial charge is 0.410 e. The van der Waals surface area contributed by atoms with Crippen LogP contribution in [0.1, 0.15) is 46.4 Å². The number of hydrogen-bond donors (Lipinski definition) is 0. The highest BCUT2D eigenvalue weighted by atomic mass is 35.5. The van der Waals surface area contributed by atoms with Crippen LogP contribution in [-0.4, -0.2) is 44.7 Å². The number of carbonyl (C=O) groups excluding carboxylic acids is 1. The molecule has 0 aliphatic heterocycles. The van der Waals surface area contributed by atoms with Crippen molar-refractivity contribution < 1.29 is 9.53 Å². The number of likely N-dealkylation sites (N-methyl/N-ethyl adjacent to an activating group) is 1. The molecule has 0 fully saturated rings. The highest BCUT2D eigenvalue weighted by Crippen LogP contribution is 2.28. The molecule has 0 spiro atoms. The van der Waals surface area contributed by atoms with Crippen molar-refractivity contribution in [1.29, 1.82) is 0 Å². The normalized spacial score (nSPS) is 13.3. The molecule has 0 aliphatic carbocycles. The Morgan fingerprint density at radius 2 is 2.04 bits per heavy atom. The van der Waals surface area contributed by atoms with Gasteiger partial charge in [-0.25, -0.2) is 9.78 Å². The van der Waals surface area contributed by atoms with Gasteiger partial charge in [0.1, 0.15) is 11.2 Å². The van der Waals surface area contributed by atoms with E-state index in [9.17, 15) is 4.79 Å². The van der Waals surface area contributed by atoms with Gasteiger partial charge in [0.2, 0.25) is 5.28 Å². The van der Waals surface area contributed by atoms with E-state index in [0.29, 0.717) is 6.54 Å². The lowest BCUT2D eigenvalue weighted by Gasteiger charge is -2.31. The Hall–Kier alpha value is -1.82. The summed E-state index contributed by atoms with van der Waals surface area (Å²) in [4.78, 5) is 22.4. The molecule has 138 valence electrons. The quantitative estimate of drug-likeness (QED) is 0.749. The van der Waals surface area contributed by atoms with Crippen molar-refractivity contribution in [2.75, 3.05) is 13.6 Å². The SMILES string of the molecule is Cc1cc2cnc(Cl)nc2n1C(CN(C)C(=O)OC(C)(C)C)C(C)C. The molecule has 0 saturated heterocycles. The number of aromatic nitrogens is 3. The summed E-state index contributed by atoms with van der Waals surface area (Å²) in [6, 6.07) is 2.08. The molecule has 7 heteroatoms. The number of ether oxygens (including phenoxy) is 1. The first-order chi connectivity index (χ1) is 11.5. The van der Waals surface area contributed by atoms with Crippen molar-refractivity contribution in [2.45, 2.75) is 53.2 Å². The van der Waals surface area contributed by atoms with E-state index >= 15 is 0 Å². The second kappa shape index (κ2) is 7.20. The Balaban J connectivity index is 2.35. The van der Waals surface area contributed by atoms with E-state index in [-0.39, 0.29) is 23.3 Å². The maximum Gasteiger partial charge on any atom is 0.410 e. The van der Waals surface area contributed by atoms with Crippen molar-refractivity contribution >= 4 is 28.7 Å². The molecule has 25 heavy (non-hydrogen) atoms. The van der Waals surface area contributed by atoms with Gasteiger partial charge in [0.25, 0.3) is 0 Å². The van der Waals surface area contributed by atoms with Crippen molar-refractivity contribution in [3.05, 3.63) is 23.2 Å². The minimum Gasteiger partial charge on any atom is -0.444 e. The molecule has 0 N–H and O–H groups in total. The van der Waals surface area contributed by atoms with Gasteiger partial charge in [-0.3, -0.25) is 0 Å². The van der Waals surface area contributed by atoms with E-state index in [1.807, 2.05) is 33.8 Å². The highest BCUT2D eigenvalue weighted by Gasteiger charge is 2.26. The molecule has 0 bridgehead atoms. The Kier molecular flexibility index (Phi) is 5.62. The lowest BCUT2D eigenvalue weighted by Crippen LogP contribution is -2.39. The van der Waals surface area contributed by atoms with Crippen LogP contribution in [-0.2, 0) is 4.74 Å². The maximum absolute atomic E-state index is 12.3. The average molecular weight is 367 g/mol. The largest absolute Gasteiger partial charge is 0.444 e. The first-order valence-electron chi connectivity index (χ1n) is 8.44. The summed E-state index contributed by atoms with van der Waals surface area (Å²) >= 11 is 5.99. The van der Waals surface area contributed by atoms with Crippen LogP contribution >= 0.6 is 11.6 Å². The van der Waals surface area contributed by atoms with Crippen LogP contribution < -0.4 is 0 Å². The molecule has 1 atom stereocenters. The standard InChI is InChI=1S/C18H27ClN4O2/c1-11(2)14(10-22(7)17(24)25-18(4,5)6)23-12(3)8-13-9-20-16(19)21-15(13)23/h8-9,11,14H,10H2,1-7H3. The van der Waals surface area contributed by atoms with Crippen LogP contribution in [0.4, 0.5) is 4.79 Å². The van der Waals surface area contributed by atoms with Gasteiger partial charge < -0.3 is 14.2 Å². The number of aryl methyl sites for hydroxylation is 1. The Morgan fingerprint density at radius 1 is 1.40 bits per heavy atom. The molecule has 1 amide bonds. The highest BCUT2D eigenvalue weighted by molar-refractivity contribution is 6.28. The molecule has 2 aromatic rings. The molecule has 1 unspecified atom stereocenters. The number of amides is 1. The summed E-state index contributed by atoms with van der Waals surface area (Å²) in [5.41, 5.74) is 1.33. The van der Waals surface area contributed by atoms with Crippen molar-refractivity contribution in [3.8, 4) is 0 Å². The van der Waals surface area contributed by atoms with Gasteiger partial charge in [0.15, 0.2) is 0 Å². The first kappa shape index (κ1) is 19.5. The zero-order chi connectivity index (χ0) is 18.9. The summed E-state index contributed by atoms with van der Waals surface area (Å²) in [6.45, 7) is 12.4. The summed E-state index contributed by atoms with van der Waals surface area (Å²) < 4.78 is 7.60. The minimum atomic E-state index is -0.518. The second-order valence-electron chi connectivity index (χ2n) is 7.75. The summed E-state index contributed by atoms with van der Waals surface area (Å²) in [7, 11) is 1.76. The summed E-state index contributed by atoms with van der Waals surface area (Å²) in [6.07, 6.45) is 1.39. The second-order valence-corrected chi connectivity index (χ2v) is 8.08. The van der Waals surface area contributed by atoms with Crippen LogP contribution in [0.15, 0.2) is 12.3 Å². The zero-order valence-corrected chi connectivity index (χ0v) is 16.8. The van der Waals surface area contributed by atoms with E-state index in [0.717, 1.165) is 16.7 Å². The third kappa shape index (κ3) is 4.63. The van der Waals surface area contributed by atoms with Crippen molar-refractivity contribution in [3.63, 3.8) is 0 Å². The van der Waals surface area contributed by atoms with Gasteiger partial charge >= 0.3 is 6.09 Å². The molecule has 0 radical (unpaired) electrons. The van der Waals surface area contributed by atoms with Gasteiger partial charge in [-0.2, -0.15) is 4.98 Å². The van der Waals surface area contributed by atoms with Crippen molar-refractivity contribution in [1.82, 2.24) is 19.4 Å². The third-order valence-corrected chi connectivity index (χ3v) is 4.19. The number of nitrogens with zero attached hydrogens (tertiary/aromatic N) is 4. The Morgan fingerprint density at radius 3 is 2.60 bits per heavy atom. The maximum atomic E-state index is 12.3. The molecule has 0 saturated carbocycles. The number of hydrogen-bond acceptors (Lipinski definition) is 4. The molecular formula is C18H27ClN4O2. The number of rotatable bonds is 4. The van der Waals surface area contributed by atoms with Crippen molar-refractivity contribution in [2.24, 2.45) is 5.92 Å². The number of halogens is 1. The fraction of sp³-hybridized carbons (Fsp3) is 0.611. The van der Waals surface area contributed by atoms with E-state index in [2.05, 4.69) is 28.4 Å². The van der Waals surface area contributed by atoms with E-state index in [1.165, 1.54) is 0 Å². The lowest BCUT2D eigenvalue weighted by molar-refractivity contribution is 0.0265. The topological polar surface area (TPSA) is 60.2 Å². The molecule has 2 aromatic heterocycles. The van der Waals surface area contributed by atoms with E-state index in [1.54, 1.807) is 18.1 Å². The minimum absolute atomic E-state index is 0.0426. The molecule has 6 nitrogen and oxygen atoms in total. The number of carbonyl (C=O) groups is 1. The fourth-order valence-electron chi connectivity index (χ4n) is 2.82. The van der Waals surface area contributed by atoms with Gasteiger partial charge in [-0.15, -0.1) is 0 Å². The average Bonchev–Trinajstić information content (AvgIpc) is 2.77. The van der Waals surface area contributed by atoms with Gasteiger partial charge in [0, 0.05) is 30.9 Å². The van der Waals surface area contributed by atoms with Gasteiger partial charge in [-0.05, 0) is 51.3 Å². The molecule has 2 heterocycles. The molecule has 0 aliphatic rings.